The van der Waals surface area contributed by atoms with Gasteiger partial charge in [0.25, 0.3) is 5.56 Å². The maximum absolute atomic E-state index is 12.1. The maximum atomic E-state index is 12.1. The van der Waals surface area contributed by atoms with Crippen molar-refractivity contribution in [2.45, 2.75) is 38.1 Å². The molecule has 1 N–H and O–H groups in total. The van der Waals surface area contributed by atoms with Gasteiger partial charge in [-0.2, -0.15) is 0 Å². The van der Waals surface area contributed by atoms with Gasteiger partial charge in [-0.15, -0.1) is 0 Å². The summed E-state index contributed by atoms with van der Waals surface area (Å²) in [5.41, 5.74) is 2.13. The summed E-state index contributed by atoms with van der Waals surface area (Å²) in [7, 11) is 2.03. The fourth-order valence-corrected chi connectivity index (χ4v) is 3.96. The van der Waals surface area contributed by atoms with Crippen molar-refractivity contribution in [2.24, 2.45) is 7.05 Å². The molecule has 7 nitrogen and oxygen atoms in total. The molecule has 0 bridgehead atoms. The molecule has 0 spiro atoms. The number of nitrogens with zero attached hydrogens (tertiary/aromatic N) is 5. The maximum Gasteiger partial charge on any atom is 0.252 e. The van der Waals surface area contributed by atoms with Gasteiger partial charge in [-0.25, -0.2) is 9.97 Å². The molecule has 2 aromatic rings. The first-order valence-electron chi connectivity index (χ1n) is 9.23. The predicted molar refractivity (Wildman–Crippen MR) is 96.8 cm³/mol. The number of likely N-dealkylation sites (tertiary alicyclic amines) is 1. The minimum absolute atomic E-state index is 0.0318. The Labute approximate surface area is 147 Å². The molecule has 7 heteroatoms. The Bertz CT molecular complexity index is 776. The fourth-order valence-electron chi connectivity index (χ4n) is 3.96. The highest BCUT2D eigenvalue weighted by molar-refractivity contribution is 5.32. The van der Waals surface area contributed by atoms with Gasteiger partial charge >= 0.3 is 0 Å². The Hall–Kier alpha value is -2.15. The molecule has 2 fully saturated rings. The smallest absolute Gasteiger partial charge is 0.252 e. The van der Waals surface area contributed by atoms with Gasteiger partial charge in [0.15, 0.2) is 0 Å². The zero-order valence-corrected chi connectivity index (χ0v) is 14.8. The van der Waals surface area contributed by atoms with Crippen LogP contribution in [0.15, 0.2) is 23.4 Å². The molecule has 25 heavy (non-hydrogen) atoms. The van der Waals surface area contributed by atoms with Crippen LogP contribution < -0.4 is 10.5 Å². The van der Waals surface area contributed by atoms with Gasteiger partial charge in [0.2, 0.25) is 5.95 Å². The second-order valence-electron chi connectivity index (χ2n) is 7.26. The van der Waals surface area contributed by atoms with Crippen LogP contribution in [0.25, 0.3) is 0 Å². The number of aromatic amines is 1. The third-order valence-electron chi connectivity index (χ3n) is 5.38. The number of H-pyrrole nitrogens is 1. The fraction of sp³-hybridized carbons (Fsp3) is 0.611. The molecule has 2 aromatic heterocycles. The van der Waals surface area contributed by atoms with Crippen LogP contribution in [0.4, 0.5) is 5.95 Å². The molecule has 4 rings (SSSR count). The molecular formula is C18H26N6O. The third-order valence-corrected chi connectivity index (χ3v) is 5.38. The largest absolute Gasteiger partial charge is 0.342 e. The summed E-state index contributed by atoms with van der Waals surface area (Å²) < 4.78 is 2.07. The molecule has 0 aromatic carbocycles. The minimum atomic E-state index is -0.0318. The number of hydrogen-bond donors (Lipinski definition) is 1. The summed E-state index contributed by atoms with van der Waals surface area (Å²) in [5.74, 6) is 1.08. The van der Waals surface area contributed by atoms with Crippen LogP contribution in [0.5, 0.6) is 0 Å². The summed E-state index contributed by atoms with van der Waals surface area (Å²) in [6, 6.07) is 1.69. The van der Waals surface area contributed by atoms with Crippen molar-refractivity contribution < 1.29 is 0 Å². The lowest BCUT2D eigenvalue weighted by Gasteiger charge is -2.32. The first-order chi connectivity index (χ1) is 12.2. The van der Waals surface area contributed by atoms with E-state index in [0.717, 1.165) is 57.2 Å². The number of aryl methyl sites for hydroxylation is 1. The van der Waals surface area contributed by atoms with E-state index in [-0.39, 0.29) is 5.56 Å². The van der Waals surface area contributed by atoms with Crippen LogP contribution in [0.1, 0.15) is 43.0 Å². The van der Waals surface area contributed by atoms with Gasteiger partial charge in [0.05, 0.1) is 17.7 Å². The van der Waals surface area contributed by atoms with Gasteiger partial charge < -0.3 is 9.47 Å². The number of rotatable bonds is 4. The van der Waals surface area contributed by atoms with Gasteiger partial charge in [0, 0.05) is 51.4 Å². The number of imidazole rings is 1. The van der Waals surface area contributed by atoms with Crippen molar-refractivity contribution >= 4 is 5.95 Å². The Kier molecular flexibility index (Phi) is 4.57. The summed E-state index contributed by atoms with van der Waals surface area (Å²) in [5, 5.41) is 0. The van der Waals surface area contributed by atoms with E-state index in [1.165, 1.54) is 18.5 Å². The average molecular weight is 342 g/mol. The van der Waals surface area contributed by atoms with E-state index < -0.39 is 0 Å². The zero-order chi connectivity index (χ0) is 17.2. The summed E-state index contributed by atoms with van der Waals surface area (Å²) in [6.07, 6.45) is 8.36. The highest BCUT2D eigenvalue weighted by Crippen LogP contribution is 2.27. The van der Waals surface area contributed by atoms with E-state index >= 15 is 0 Å². The average Bonchev–Trinajstić information content (AvgIpc) is 3.27. The highest BCUT2D eigenvalue weighted by atomic mass is 16.1. The van der Waals surface area contributed by atoms with Crippen molar-refractivity contribution in [3.05, 3.63) is 40.3 Å². The second kappa shape index (κ2) is 7.00. The lowest BCUT2D eigenvalue weighted by Crippen LogP contribution is -2.35. The van der Waals surface area contributed by atoms with Crippen LogP contribution >= 0.6 is 0 Å². The Morgan fingerprint density at radius 3 is 2.84 bits per heavy atom. The standard InChI is InChI=1S/C18H26N6O/c1-22-13-19-10-15(22)12-23-6-4-5-14(11-23)16-9-17(25)21-18(20-16)24-7-2-3-8-24/h9-10,13-14H,2-8,11-12H2,1H3,(H,20,21,25). The van der Waals surface area contributed by atoms with E-state index in [1.807, 2.05) is 19.6 Å². The first-order valence-corrected chi connectivity index (χ1v) is 9.23. The number of nitrogens with one attached hydrogen (secondary N) is 1. The van der Waals surface area contributed by atoms with Crippen LogP contribution in [0, 0.1) is 0 Å². The molecule has 0 saturated carbocycles. The topological polar surface area (TPSA) is 70.1 Å². The first kappa shape index (κ1) is 16.3. The SMILES string of the molecule is Cn1cncc1CN1CCCC(c2cc(=O)[nH]c(N3CCCC3)n2)C1. The lowest BCUT2D eigenvalue weighted by atomic mass is 9.94. The Morgan fingerprint density at radius 2 is 2.08 bits per heavy atom. The normalized spacial score (nSPS) is 21.8. The minimum Gasteiger partial charge on any atom is -0.342 e. The van der Waals surface area contributed by atoms with Crippen molar-refractivity contribution in [1.29, 1.82) is 0 Å². The molecule has 0 aliphatic carbocycles. The predicted octanol–water partition coefficient (Wildman–Crippen LogP) is 1.48. The van der Waals surface area contributed by atoms with Gasteiger partial charge in [-0.3, -0.25) is 14.7 Å². The van der Waals surface area contributed by atoms with Crippen molar-refractivity contribution in [3.63, 3.8) is 0 Å². The van der Waals surface area contributed by atoms with Crippen LogP contribution in [0.3, 0.4) is 0 Å². The van der Waals surface area contributed by atoms with E-state index in [1.54, 1.807) is 6.07 Å². The molecule has 134 valence electrons. The van der Waals surface area contributed by atoms with Crippen molar-refractivity contribution in [1.82, 2.24) is 24.4 Å². The van der Waals surface area contributed by atoms with Crippen LogP contribution in [-0.4, -0.2) is 50.6 Å². The summed E-state index contributed by atoms with van der Waals surface area (Å²) in [6.45, 7) is 4.91. The summed E-state index contributed by atoms with van der Waals surface area (Å²) in [4.78, 5) is 28.7. The lowest BCUT2D eigenvalue weighted by molar-refractivity contribution is 0.195. The molecule has 2 saturated heterocycles. The quantitative estimate of drug-likeness (QED) is 0.911. The second-order valence-corrected chi connectivity index (χ2v) is 7.26. The molecule has 2 aliphatic rings. The van der Waals surface area contributed by atoms with Gasteiger partial charge in [-0.05, 0) is 32.2 Å². The highest BCUT2D eigenvalue weighted by Gasteiger charge is 2.25. The number of anilines is 1. The van der Waals surface area contributed by atoms with Crippen LogP contribution in [-0.2, 0) is 13.6 Å². The Morgan fingerprint density at radius 1 is 1.24 bits per heavy atom. The zero-order valence-electron chi connectivity index (χ0n) is 14.8. The monoisotopic (exact) mass is 342 g/mol. The van der Waals surface area contributed by atoms with Crippen molar-refractivity contribution in [3.8, 4) is 0 Å². The number of piperidine rings is 1. The molecule has 0 radical (unpaired) electrons. The molecule has 2 aliphatic heterocycles. The third kappa shape index (κ3) is 3.61. The van der Waals surface area contributed by atoms with Gasteiger partial charge in [0.1, 0.15) is 0 Å². The number of hydrogen-bond acceptors (Lipinski definition) is 5. The molecule has 0 amide bonds. The van der Waals surface area contributed by atoms with E-state index in [2.05, 4.69) is 24.3 Å². The Balaban J connectivity index is 1.51. The summed E-state index contributed by atoms with van der Waals surface area (Å²) >= 11 is 0. The van der Waals surface area contributed by atoms with Crippen molar-refractivity contribution in [2.75, 3.05) is 31.1 Å². The number of aromatic nitrogens is 4. The molecule has 4 heterocycles. The van der Waals surface area contributed by atoms with Crippen LogP contribution in [0.2, 0.25) is 0 Å². The molecule has 1 unspecified atom stereocenters. The van der Waals surface area contributed by atoms with E-state index in [4.69, 9.17) is 4.98 Å². The molecule has 1 atom stereocenters. The van der Waals surface area contributed by atoms with Gasteiger partial charge in [-0.1, -0.05) is 0 Å². The molecular weight excluding hydrogens is 316 g/mol. The van der Waals surface area contributed by atoms with E-state index in [9.17, 15) is 4.79 Å². The van der Waals surface area contributed by atoms with E-state index in [0.29, 0.717) is 5.92 Å².